The Kier molecular flexibility index (Phi) is 3.16. The summed E-state index contributed by atoms with van der Waals surface area (Å²) in [6, 6.07) is 5.90. The number of phenols is 2. The Morgan fingerprint density at radius 2 is 1.78 bits per heavy atom. The normalized spacial score (nSPS) is 11.7. The van der Waals surface area contributed by atoms with Crippen molar-refractivity contribution in [3.63, 3.8) is 0 Å². The van der Waals surface area contributed by atoms with Crippen molar-refractivity contribution < 1.29 is 14.8 Å². The van der Waals surface area contributed by atoms with Gasteiger partial charge in [-0.2, -0.15) is 4.57 Å². The van der Waals surface area contributed by atoms with E-state index in [4.69, 9.17) is 0 Å². The van der Waals surface area contributed by atoms with Gasteiger partial charge in [-0.3, -0.25) is 0 Å². The Bertz CT molecular complexity index is 589. The third-order valence-corrected chi connectivity index (χ3v) is 3.26. The number of hydrogen-bond acceptors (Lipinski definition) is 2. The molecule has 3 heteroatoms. The predicted octanol–water partition coefficient (Wildman–Crippen LogP) is 3.24. The number of phenolic OH excluding ortho intramolecular Hbond substituents is 2. The topological polar surface area (TPSA) is 44.3 Å². The first kappa shape index (κ1) is 12.7. The Morgan fingerprint density at radius 1 is 1.11 bits per heavy atom. The highest BCUT2D eigenvalue weighted by Gasteiger charge is 2.21. The molecule has 18 heavy (non-hydrogen) atoms. The number of rotatable bonds is 2. The van der Waals surface area contributed by atoms with Gasteiger partial charge in [-0.25, -0.2) is 0 Å². The van der Waals surface area contributed by atoms with Crippen LogP contribution in [0.5, 0.6) is 11.5 Å². The number of nitrogens with zero attached hydrogens (tertiary/aromatic N) is 1. The van der Waals surface area contributed by atoms with Crippen LogP contribution in [0.2, 0.25) is 0 Å². The number of fused-ring (bicyclic) bond motifs is 1. The number of benzene rings is 1. The SMILES string of the molecule is CC(C)c1c(O)c(O)cc2c1ccc[n+]2C(C)C. The molecule has 2 aromatic rings. The number of hydrogen-bond donors (Lipinski definition) is 2. The first-order chi connectivity index (χ1) is 8.43. The van der Waals surface area contributed by atoms with Crippen LogP contribution in [0.1, 0.15) is 45.2 Å². The van der Waals surface area contributed by atoms with Gasteiger partial charge >= 0.3 is 0 Å². The number of pyridine rings is 1. The molecule has 3 nitrogen and oxygen atoms in total. The summed E-state index contributed by atoms with van der Waals surface area (Å²) in [6.07, 6.45) is 1.99. The average Bonchev–Trinajstić information content (AvgIpc) is 2.29. The van der Waals surface area contributed by atoms with Crippen molar-refractivity contribution in [1.29, 1.82) is 0 Å². The van der Waals surface area contributed by atoms with Gasteiger partial charge in [0.2, 0.25) is 5.52 Å². The highest BCUT2D eigenvalue weighted by Crippen LogP contribution is 2.39. The third-order valence-electron chi connectivity index (χ3n) is 3.26. The van der Waals surface area contributed by atoms with E-state index in [1.807, 2.05) is 32.2 Å². The van der Waals surface area contributed by atoms with Gasteiger partial charge in [0, 0.05) is 11.6 Å². The van der Waals surface area contributed by atoms with Gasteiger partial charge in [-0.15, -0.1) is 0 Å². The molecule has 0 spiro atoms. The molecule has 0 aliphatic carbocycles. The van der Waals surface area contributed by atoms with Crippen molar-refractivity contribution in [2.24, 2.45) is 0 Å². The molecule has 1 aromatic carbocycles. The highest BCUT2D eigenvalue weighted by molar-refractivity contribution is 5.85. The molecule has 2 N–H and O–H groups in total. The lowest BCUT2D eigenvalue weighted by Crippen LogP contribution is -2.36. The van der Waals surface area contributed by atoms with E-state index in [0.717, 1.165) is 16.5 Å². The molecule has 0 fully saturated rings. The van der Waals surface area contributed by atoms with Crippen LogP contribution in [0.4, 0.5) is 0 Å². The summed E-state index contributed by atoms with van der Waals surface area (Å²) in [7, 11) is 0. The summed E-state index contributed by atoms with van der Waals surface area (Å²) in [6.45, 7) is 8.22. The zero-order valence-electron chi connectivity index (χ0n) is 11.3. The van der Waals surface area contributed by atoms with E-state index < -0.39 is 0 Å². The second-order valence-corrected chi connectivity index (χ2v) is 5.25. The highest BCUT2D eigenvalue weighted by atomic mass is 16.3. The Hall–Kier alpha value is -1.77. The van der Waals surface area contributed by atoms with Crippen molar-refractivity contribution in [2.75, 3.05) is 0 Å². The lowest BCUT2D eigenvalue weighted by Gasteiger charge is -2.13. The maximum absolute atomic E-state index is 10.0. The summed E-state index contributed by atoms with van der Waals surface area (Å²) >= 11 is 0. The third kappa shape index (κ3) is 1.90. The zero-order chi connectivity index (χ0) is 13.4. The van der Waals surface area contributed by atoms with Gasteiger partial charge in [0.15, 0.2) is 23.7 Å². The minimum absolute atomic E-state index is 0.000920. The summed E-state index contributed by atoms with van der Waals surface area (Å²) in [5.41, 5.74) is 1.76. The standard InChI is InChI=1S/C15H19NO2/c1-9(2)14-11-6-5-7-16(10(3)4)12(11)8-13(17)15(14)18/h5-10,18H,1-4H3/p+1. The van der Waals surface area contributed by atoms with E-state index in [9.17, 15) is 10.2 Å². The Labute approximate surface area is 107 Å². The van der Waals surface area contributed by atoms with Crippen LogP contribution in [0.25, 0.3) is 10.9 Å². The van der Waals surface area contributed by atoms with E-state index in [-0.39, 0.29) is 17.4 Å². The Balaban J connectivity index is 2.91. The van der Waals surface area contributed by atoms with Crippen LogP contribution in [-0.2, 0) is 0 Å². The van der Waals surface area contributed by atoms with Crippen molar-refractivity contribution in [2.45, 2.75) is 39.7 Å². The van der Waals surface area contributed by atoms with E-state index >= 15 is 0 Å². The maximum atomic E-state index is 10.0. The molecule has 1 heterocycles. The molecule has 2 rings (SSSR count). The van der Waals surface area contributed by atoms with Crippen LogP contribution >= 0.6 is 0 Å². The first-order valence-electron chi connectivity index (χ1n) is 6.32. The van der Waals surface area contributed by atoms with Crippen molar-refractivity contribution >= 4 is 10.9 Å². The molecule has 0 unspecified atom stereocenters. The van der Waals surface area contributed by atoms with E-state index in [0.29, 0.717) is 6.04 Å². The van der Waals surface area contributed by atoms with Gasteiger partial charge < -0.3 is 10.2 Å². The smallest absolute Gasteiger partial charge is 0.216 e. The lowest BCUT2D eigenvalue weighted by atomic mass is 9.96. The molecule has 96 valence electrons. The largest absolute Gasteiger partial charge is 0.504 e. The molecule has 0 amide bonds. The summed E-state index contributed by atoms with van der Waals surface area (Å²) in [5, 5.41) is 20.9. The van der Waals surface area contributed by atoms with Crippen LogP contribution in [0, 0.1) is 0 Å². The Morgan fingerprint density at radius 3 is 2.33 bits per heavy atom. The maximum Gasteiger partial charge on any atom is 0.216 e. The van der Waals surface area contributed by atoms with Crippen molar-refractivity contribution in [3.8, 4) is 11.5 Å². The monoisotopic (exact) mass is 246 g/mol. The first-order valence-corrected chi connectivity index (χ1v) is 6.32. The molecule has 0 saturated heterocycles. The summed E-state index contributed by atoms with van der Waals surface area (Å²) < 4.78 is 2.10. The second kappa shape index (κ2) is 4.48. The molecule has 0 bridgehead atoms. The lowest BCUT2D eigenvalue weighted by molar-refractivity contribution is -0.691. The molecule has 0 aliphatic heterocycles. The van der Waals surface area contributed by atoms with Crippen molar-refractivity contribution in [1.82, 2.24) is 0 Å². The van der Waals surface area contributed by atoms with Gasteiger partial charge in [-0.1, -0.05) is 13.8 Å². The van der Waals surface area contributed by atoms with Gasteiger partial charge in [-0.05, 0) is 25.8 Å². The molecular formula is C15H20NO2+. The zero-order valence-corrected chi connectivity index (χ0v) is 11.3. The molecule has 0 aliphatic rings. The molecule has 0 saturated carbocycles. The minimum atomic E-state index is -0.0493. The van der Waals surface area contributed by atoms with Crippen LogP contribution in [0.15, 0.2) is 24.4 Å². The van der Waals surface area contributed by atoms with Crippen LogP contribution in [0.3, 0.4) is 0 Å². The average molecular weight is 246 g/mol. The summed E-state index contributed by atoms with van der Waals surface area (Å²) in [5.74, 6) is 0.105. The van der Waals surface area contributed by atoms with Gasteiger partial charge in [0.25, 0.3) is 0 Å². The van der Waals surface area contributed by atoms with E-state index in [1.165, 1.54) is 0 Å². The minimum Gasteiger partial charge on any atom is -0.504 e. The second-order valence-electron chi connectivity index (χ2n) is 5.25. The van der Waals surface area contributed by atoms with Gasteiger partial charge in [0.1, 0.15) is 0 Å². The van der Waals surface area contributed by atoms with Crippen molar-refractivity contribution in [3.05, 3.63) is 30.0 Å². The van der Waals surface area contributed by atoms with E-state index in [1.54, 1.807) is 6.07 Å². The van der Waals surface area contributed by atoms with E-state index in [2.05, 4.69) is 18.4 Å². The fourth-order valence-electron chi connectivity index (χ4n) is 2.41. The quantitative estimate of drug-likeness (QED) is 0.631. The number of aromatic nitrogens is 1. The fourth-order valence-corrected chi connectivity index (χ4v) is 2.41. The molecule has 0 radical (unpaired) electrons. The number of aromatic hydroxyl groups is 2. The predicted molar refractivity (Wildman–Crippen MR) is 71.9 cm³/mol. The van der Waals surface area contributed by atoms with Crippen LogP contribution in [-0.4, -0.2) is 10.2 Å². The molecule has 0 atom stereocenters. The van der Waals surface area contributed by atoms with Gasteiger partial charge in [0.05, 0.1) is 11.5 Å². The molecule has 1 aromatic heterocycles. The fraction of sp³-hybridized carbons (Fsp3) is 0.400. The van der Waals surface area contributed by atoms with Crippen LogP contribution < -0.4 is 4.57 Å². The molecular weight excluding hydrogens is 226 g/mol. The summed E-state index contributed by atoms with van der Waals surface area (Å²) in [4.78, 5) is 0.